The molecule has 0 saturated carbocycles. The third-order valence-corrected chi connectivity index (χ3v) is 6.25. The molecule has 1 saturated heterocycles. The van der Waals surface area contributed by atoms with Crippen LogP contribution >= 0.6 is 11.3 Å². The van der Waals surface area contributed by atoms with E-state index >= 15 is 0 Å². The van der Waals surface area contributed by atoms with E-state index in [2.05, 4.69) is 46.2 Å². The Hall–Kier alpha value is -2.51. The summed E-state index contributed by atoms with van der Waals surface area (Å²) in [5, 5.41) is 6.00. The number of likely N-dealkylation sites (tertiary alicyclic amines) is 1. The highest BCUT2D eigenvalue weighted by atomic mass is 32.1. The Balaban J connectivity index is 1.28. The van der Waals surface area contributed by atoms with E-state index in [1.807, 2.05) is 24.6 Å². The van der Waals surface area contributed by atoms with E-state index in [0.717, 1.165) is 37.4 Å². The van der Waals surface area contributed by atoms with Gasteiger partial charge in [0.15, 0.2) is 0 Å². The van der Waals surface area contributed by atoms with E-state index in [9.17, 15) is 4.79 Å². The predicted octanol–water partition coefficient (Wildman–Crippen LogP) is 3.98. The summed E-state index contributed by atoms with van der Waals surface area (Å²) in [5.74, 6) is 1.28. The van der Waals surface area contributed by atoms with Crippen molar-refractivity contribution in [1.82, 2.24) is 19.9 Å². The highest BCUT2D eigenvalue weighted by molar-refractivity contribution is 7.13. The number of piperidine rings is 1. The van der Waals surface area contributed by atoms with Crippen LogP contribution in [0.5, 0.6) is 0 Å². The Labute approximate surface area is 175 Å². The van der Waals surface area contributed by atoms with Gasteiger partial charge < -0.3 is 9.42 Å². The molecule has 0 unspecified atom stereocenters. The van der Waals surface area contributed by atoms with Crippen LogP contribution in [0.15, 0.2) is 46.3 Å². The van der Waals surface area contributed by atoms with Gasteiger partial charge >= 0.3 is 0 Å². The maximum atomic E-state index is 12.9. The third kappa shape index (κ3) is 4.92. The summed E-state index contributed by atoms with van der Waals surface area (Å²) in [5.41, 5.74) is 2.63. The molecule has 1 aliphatic heterocycles. The van der Waals surface area contributed by atoms with Gasteiger partial charge in [-0.2, -0.15) is 4.98 Å². The molecule has 152 valence electrons. The van der Waals surface area contributed by atoms with Crippen LogP contribution in [0.3, 0.4) is 0 Å². The third-order valence-electron chi connectivity index (χ3n) is 5.38. The van der Waals surface area contributed by atoms with Crippen molar-refractivity contribution < 1.29 is 9.32 Å². The summed E-state index contributed by atoms with van der Waals surface area (Å²) in [7, 11) is 1.82. The highest BCUT2D eigenvalue weighted by Gasteiger charge is 2.28. The molecule has 4 rings (SSSR count). The van der Waals surface area contributed by atoms with Crippen LogP contribution in [0, 0.1) is 12.8 Å². The first-order valence-corrected chi connectivity index (χ1v) is 10.9. The fourth-order valence-electron chi connectivity index (χ4n) is 3.82. The van der Waals surface area contributed by atoms with E-state index in [4.69, 9.17) is 4.52 Å². The lowest BCUT2D eigenvalue weighted by molar-refractivity contribution is -0.136. The van der Waals surface area contributed by atoms with Crippen LogP contribution in [-0.4, -0.2) is 46.0 Å². The van der Waals surface area contributed by atoms with Crippen molar-refractivity contribution in [2.45, 2.75) is 32.9 Å². The normalized spacial score (nSPS) is 15.5. The quantitative estimate of drug-likeness (QED) is 0.615. The molecular formula is C22H26N4O2S. The molecule has 0 N–H and O–H groups in total. The first kappa shape index (κ1) is 19.8. The summed E-state index contributed by atoms with van der Waals surface area (Å²) in [4.78, 5) is 22.4. The first-order valence-electron chi connectivity index (χ1n) is 9.98. The van der Waals surface area contributed by atoms with Crippen molar-refractivity contribution in [2.75, 3.05) is 20.1 Å². The van der Waals surface area contributed by atoms with Crippen LogP contribution in [-0.2, 0) is 17.9 Å². The number of nitrogens with zero attached hydrogens (tertiary/aromatic N) is 4. The molecule has 0 bridgehead atoms. The molecule has 1 aliphatic rings. The fourth-order valence-corrected chi connectivity index (χ4v) is 4.47. The lowest BCUT2D eigenvalue weighted by Gasteiger charge is -2.33. The van der Waals surface area contributed by atoms with Gasteiger partial charge in [-0.1, -0.05) is 41.1 Å². The zero-order valence-corrected chi connectivity index (χ0v) is 17.7. The van der Waals surface area contributed by atoms with Crippen LogP contribution in [0.1, 0.15) is 29.9 Å². The average molecular weight is 411 g/mol. The van der Waals surface area contributed by atoms with Crippen LogP contribution in [0.2, 0.25) is 0 Å². The number of benzene rings is 1. The SMILES string of the molecule is Cc1cccc(CN2CCC(C(=O)N(C)Cc3nc(-c4cccs4)no3)CC2)c1. The summed E-state index contributed by atoms with van der Waals surface area (Å²) in [6, 6.07) is 12.6. The van der Waals surface area contributed by atoms with Gasteiger partial charge in [-0.25, -0.2) is 0 Å². The summed E-state index contributed by atoms with van der Waals surface area (Å²) >= 11 is 1.57. The zero-order chi connectivity index (χ0) is 20.2. The largest absolute Gasteiger partial charge is 0.337 e. The Kier molecular flexibility index (Phi) is 6.06. The number of aryl methyl sites for hydroxylation is 1. The molecule has 29 heavy (non-hydrogen) atoms. The lowest BCUT2D eigenvalue weighted by Crippen LogP contribution is -2.40. The van der Waals surface area contributed by atoms with Crippen molar-refractivity contribution in [3.05, 3.63) is 58.8 Å². The van der Waals surface area contributed by atoms with E-state index < -0.39 is 0 Å². The van der Waals surface area contributed by atoms with Gasteiger partial charge in [0.2, 0.25) is 17.6 Å². The Morgan fingerprint density at radius 3 is 2.83 bits per heavy atom. The zero-order valence-electron chi connectivity index (χ0n) is 16.9. The highest BCUT2D eigenvalue weighted by Crippen LogP contribution is 2.23. The minimum Gasteiger partial charge on any atom is -0.337 e. The van der Waals surface area contributed by atoms with Gasteiger partial charge in [0.25, 0.3) is 0 Å². The maximum absolute atomic E-state index is 12.9. The number of carbonyl (C=O) groups excluding carboxylic acids is 1. The van der Waals surface area contributed by atoms with Gasteiger partial charge in [0.1, 0.15) is 0 Å². The van der Waals surface area contributed by atoms with E-state index in [1.54, 1.807) is 16.2 Å². The molecular weight excluding hydrogens is 384 g/mol. The van der Waals surface area contributed by atoms with E-state index in [0.29, 0.717) is 18.3 Å². The van der Waals surface area contributed by atoms with Crippen molar-refractivity contribution in [3.63, 3.8) is 0 Å². The number of amides is 1. The monoisotopic (exact) mass is 410 g/mol. The van der Waals surface area contributed by atoms with E-state index in [-0.39, 0.29) is 11.8 Å². The molecule has 3 aromatic rings. The van der Waals surface area contributed by atoms with Crippen LogP contribution in [0.25, 0.3) is 10.7 Å². The molecule has 3 heterocycles. The number of hydrogen-bond acceptors (Lipinski definition) is 6. The molecule has 6 nitrogen and oxygen atoms in total. The molecule has 0 aliphatic carbocycles. The number of rotatable bonds is 6. The smallest absolute Gasteiger partial charge is 0.246 e. The molecule has 1 amide bonds. The molecule has 2 aromatic heterocycles. The molecule has 0 atom stereocenters. The summed E-state index contributed by atoms with van der Waals surface area (Å²) in [6.07, 6.45) is 1.78. The van der Waals surface area contributed by atoms with Crippen molar-refractivity contribution in [1.29, 1.82) is 0 Å². The number of thiophene rings is 1. The van der Waals surface area contributed by atoms with Gasteiger partial charge in [-0.05, 0) is 49.9 Å². The summed E-state index contributed by atoms with van der Waals surface area (Å²) in [6.45, 7) is 5.31. The van der Waals surface area contributed by atoms with Crippen LogP contribution < -0.4 is 0 Å². The van der Waals surface area contributed by atoms with Gasteiger partial charge in [-0.15, -0.1) is 11.3 Å². The summed E-state index contributed by atoms with van der Waals surface area (Å²) < 4.78 is 5.33. The fraction of sp³-hybridized carbons (Fsp3) is 0.409. The second kappa shape index (κ2) is 8.88. The molecule has 7 heteroatoms. The minimum absolute atomic E-state index is 0.0634. The van der Waals surface area contributed by atoms with E-state index in [1.165, 1.54) is 11.1 Å². The van der Waals surface area contributed by atoms with Gasteiger partial charge in [0, 0.05) is 19.5 Å². The van der Waals surface area contributed by atoms with Crippen molar-refractivity contribution in [3.8, 4) is 10.7 Å². The second-order valence-corrected chi connectivity index (χ2v) is 8.67. The van der Waals surface area contributed by atoms with Crippen molar-refractivity contribution >= 4 is 17.2 Å². The van der Waals surface area contributed by atoms with Crippen molar-refractivity contribution in [2.24, 2.45) is 5.92 Å². The molecule has 0 radical (unpaired) electrons. The topological polar surface area (TPSA) is 62.5 Å². The standard InChI is InChI=1S/C22H26N4O2S/c1-16-5-3-6-17(13-16)14-26-10-8-18(9-11-26)22(27)25(2)15-20-23-21(24-28-20)19-7-4-12-29-19/h3-7,12-13,18H,8-11,14-15H2,1-2H3. The lowest BCUT2D eigenvalue weighted by atomic mass is 9.95. The Bertz CT molecular complexity index is 945. The Morgan fingerprint density at radius 1 is 1.28 bits per heavy atom. The molecule has 1 fully saturated rings. The predicted molar refractivity (Wildman–Crippen MR) is 113 cm³/mol. The van der Waals surface area contributed by atoms with Crippen LogP contribution in [0.4, 0.5) is 0 Å². The first-order chi connectivity index (χ1) is 14.1. The molecule has 0 spiro atoms. The molecule has 1 aromatic carbocycles. The number of hydrogen-bond donors (Lipinski definition) is 0. The average Bonchev–Trinajstić information content (AvgIpc) is 3.40. The van der Waals surface area contributed by atoms with Gasteiger partial charge in [0.05, 0.1) is 11.4 Å². The second-order valence-electron chi connectivity index (χ2n) is 7.72. The van der Waals surface area contributed by atoms with Gasteiger partial charge in [-0.3, -0.25) is 9.69 Å². The maximum Gasteiger partial charge on any atom is 0.246 e. The Morgan fingerprint density at radius 2 is 2.10 bits per heavy atom. The minimum atomic E-state index is 0.0634. The number of aromatic nitrogens is 2. The number of carbonyl (C=O) groups is 1.